The van der Waals surface area contributed by atoms with Crippen LogP contribution in [0.1, 0.15) is 19.4 Å². The summed E-state index contributed by atoms with van der Waals surface area (Å²) in [7, 11) is 0. The van der Waals surface area contributed by atoms with Gasteiger partial charge in [0.1, 0.15) is 18.5 Å². The Labute approximate surface area is 182 Å². The molecular weight excluding hydrogens is 398 g/mol. The summed E-state index contributed by atoms with van der Waals surface area (Å²) in [6, 6.07) is 10.1. The van der Waals surface area contributed by atoms with Crippen molar-refractivity contribution in [2.75, 3.05) is 51.3 Å². The largest absolute Gasteiger partial charge is 0.474 e. The number of nitrogens with zero attached hydrogens (tertiary/aromatic N) is 4. The standard InChI is InChI=1S/C22H31N5O4/c1-4-26-12-18(14-31-26)23-21-16(2)22(24-27(21)19-8-6-5-7-9-19)30-15-20-13-25(17(3)28)10-11-29-20/h5-9,18,20,23H,4,10-15H2,1-3H3/t18-,20?/m1/s1. The van der Waals surface area contributed by atoms with Crippen LogP contribution in [0.2, 0.25) is 0 Å². The molecular formula is C22H31N5O4. The third kappa shape index (κ3) is 5.00. The number of amides is 1. The summed E-state index contributed by atoms with van der Waals surface area (Å²) in [5.74, 6) is 1.51. The van der Waals surface area contributed by atoms with Crippen LogP contribution in [0.25, 0.3) is 5.69 Å². The van der Waals surface area contributed by atoms with Crippen LogP contribution in [-0.2, 0) is 14.4 Å². The summed E-state index contributed by atoms with van der Waals surface area (Å²) in [5.41, 5.74) is 1.88. The average molecular weight is 430 g/mol. The molecule has 9 heteroatoms. The van der Waals surface area contributed by atoms with Gasteiger partial charge in [0.15, 0.2) is 0 Å². The molecule has 31 heavy (non-hydrogen) atoms. The third-order valence-electron chi connectivity index (χ3n) is 5.65. The normalized spacial score (nSPS) is 22.0. The van der Waals surface area contributed by atoms with E-state index in [0.717, 1.165) is 30.2 Å². The van der Waals surface area contributed by atoms with Crippen LogP contribution in [0, 0.1) is 6.92 Å². The lowest BCUT2D eigenvalue weighted by Gasteiger charge is -2.31. The first kappa shape index (κ1) is 21.6. The Morgan fingerprint density at radius 3 is 2.81 bits per heavy atom. The number of aromatic nitrogens is 2. The van der Waals surface area contributed by atoms with Gasteiger partial charge < -0.3 is 19.7 Å². The second kappa shape index (κ2) is 9.67. The van der Waals surface area contributed by atoms with Gasteiger partial charge in [-0.25, -0.2) is 4.68 Å². The minimum absolute atomic E-state index is 0.0595. The van der Waals surface area contributed by atoms with Crippen molar-refractivity contribution in [1.29, 1.82) is 0 Å². The van der Waals surface area contributed by atoms with Gasteiger partial charge in [0.2, 0.25) is 11.8 Å². The summed E-state index contributed by atoms with van der Waals surface area (Å²) in [6.45, 7) is 9.95. The molecule has 0 bridgehead atoms. The Morgan fingerprint density at radius 1 is 1.29 bits per heavy atom. The lowest BCUT2D eigenvalue weighted by molar-refractivity contribution is -0.137. The lowest BCUT2D eigenvalue weighted by Crippen LogP contribution is -2.46. The summed E-state index contributed by atoms with van der Waals surface area (Å²) < 4.78 is 13.7. The van der Waals surface area contributed by atoms with Crippen molar-refractivity contribution in [2.45, 2.75) is 32.9 Å². The first-order valence-corrected chi connectivity index (χ1v) is 10.8. The van der Waals surface area contributed by atoms with Crippen LogP contribution in [0.3, 0.4) is 0 Å². The number of hydroxylamine groups is 2. The first-order chi connectivity index (χ1) is 15.0. The molecule has 168 valence electrons. The van der Waals surface area contributed by atoms with E-state index in [0.29, 0.717) is 38.8 Å². The zero-order chi connectivity index (χ0) is 21.8. The van der Waals surface area contributed by atoms with Crippen molar-refractivity contribution in [3.8, 4) is 11.6 Å². The number of hydrogen-bond donors (Lipinski definition) is 1. The van der Waals surface area contributed by atoms with Gasteiger partial charge in [0.25, 0.3) is 0 Å². The predicted octanol–water partition coefficient (Wildman–Crippen LogP) is 1.85. The number of para-hydroxylation sites is 1. The minimum Gasteiger partial charge on any atom is -0.474 e. The molecule has 4 rings (SSSR count). The molecule has 1 aromatic heterocycles. The fraction of sp³-hybridized carbons (Fsp3) is 0.545. The number of carbonyl (C=O) groups excluding carboxylic acids is 1. The van der Waals surface area contributed by atoms with Gasteiger partial charge in [-0.1, -0.05) is 25.1 Å². The van der Waals surface area contributed by atoms with E-state index >= 15 is 0 Å². The maximum Gasteiger partial charge on any atom is 0.238 e. The smallest absolute Gasteiger partial charge is 0.238 e. The quantitative estimate of drug-likeness (QED) is 0.719. The molecule has 0 saturated carbocycles. The van der Waals surface area contributed by atoms with Gasteiger partial charge in [-0.05, 0) is 19.1 Å². The second-order valence-electron chi connectivity index (χ2n) is 7.91. The number of benzene rings is 1. The summed E-state index contributed by atoms with van der Waals surface area (Å²) in [4.78, 5) is 19.2. The molecule has 0 spiro atoms. The Morgan fingerprint density at radius 2 is 2.10 bits per heavy atom. The van der Waals surface area contributed by atoms with E-state index in [4.69, 9.17) is 19.4 Å². The second-order valence-corrected chi connectivity index (χ2v) is 7.91. The van der Waals surface area contributed by atoms with Gasteiger partial charge in [0, 0.05) is 26.6 Å². The monoisotopic (exact) mass is 429 g/mol. The van der Waals surface area contributed by atoms with E-state index in [1.54, 1.807) is 11.8 Å². The van der Waals surface area contributed by atoms with E-state index in [1.165, 1.54) is 0 Å². The Kier molecular flexibility index (Phi) is 6.74. The van der Waals surface area contributed by atoms with Crippen LogP contribution < -0.4 is 10.1 Å². The van der Waals surface area contributed by atoms with Crippen molar-refractivity contribution in [2.24, 2.45) is 0 Å². The molecule has 1 amide bonds. The van der Waals surface area contributed by atoms with Crippen LogP contribution in [-0.4, -0.2) is 83.8 Å². The van der Waals surface area contributed by atoms with Crippen LogP contribution in [0.5, 0.6) is 5.88 Å². The molecule has 2 aliphatic rings. The van der Waals surface area contributed by atoms with E-state index < -0.39 is 0 Å². The highest BCUT2D eigenvalue weighted by Crippen LogP contribution is 2.30. The molecule has 2 saturated heterocycles. The van der Waals surface area contributed by atoms with E-state index in [1.807, 2.05) is 47.0 Å². The van der Waals surface area contributed by atoms with Gasteiger partial charge >= 0.3 is 0 Å². The minimum atomic E-state index is -0.170. The topological polar surface area (TPSA) is 81.1 Å². The van der Waals surface area contributed by atoms with Crippen molar-refractivity contribution in [3.05, 3.63) is 35.9 Å². The number of ether oxygens (including phenoxy) is 2. The van der Waals surface area contributed by atoms with Crippen LogP contribution in [0.4, 0.5) is 5.82 Å². The molecule has 2 aliphatic heterocycles. The molecule has 1 N–H and O–H groups in total. The molecule has 3 heterocycles. The number of nitrogens with one attached hydrogen (secondary N) is 1. The van der Waals surface area contributed by atoms with Crippen molar-refractivity contribution < 1.29 is 19.1 Å². The summed E-state index contributed by atoms with van der Waals surface area (Å²) in [6.07, 6.45) is -0.170. The van der Waals surface area contributed by atoms with Crippen molar-refractivity contribution in [3.63, 3.8) is 0 Å². The predicted molar refractivity (Wildman–Crippen MR) is 116 cm³/mol. The van der Waals surface area contributed by atoms with E-state index in [2.05, 4.69) is 12.2 Å². The maximum absolute atomic E-state index is 11.7. The maximum atomic E-state index is 11.7. The molecule has 1 unspecified atom stereocenters. The Balaban J connectivity index is 1.51. The molecule has 0 radical (unpaired) electrons. The van der Waals surface area contributed by atoms with Crippen molar-refractivity contribution in [1.82, 2.24) is 19.7 Å². The average Bonchev–Trinajstić information content (AvgIpc) is 3.38. The number of carbonyl (C=O) groups is 1. The Hall–Kier alpha value is -2.62. The van der Waals surface area contributed by atoms with Gasteiger partial charge in [0.05, 0.1) is 37.1 Å². The third-order valence-corrected chi connectivity index (χ3v) is 5.65. The fourth-order valence-corrected chi connectivity index (χ4v) is 3.86. The van der Waals surface area contributed by atoms with Gasteiger partial charge in [-0.2, -0.15) is 5.06 Å². The fourth-order valence-electron chi connectivity index (χ4n) is 3.86. The highest BCUT2D eigenvalue weighted by atomic mass is 16.7. The van der Waals surface area contributed by atoms with Crippen molar-refractivity contribution >= 4 is 11.7 Å². The highest BCUT2D eigenvalue weighted by Gasteiger charge is 2.27. The van der Waals surface area contributed by atoms with Gasteiger partial charge in [-0.15, -0.1) is 5.10 Å². The van der Waals surface area contributed by atoms with Crippen LogP contribution >= 0.6 is 0 Å². The molecule has 1 aromatic carbocycles. The molecule has 2 aromatic rings. The zero-order valence-electron chi connectivity index (χ0n) is 18.4. The summed E-state index contributed by atoms with van der Waals surface area (Å²) >= 11 is 0. The first-order valence-electron chi connectivity index (χ1n) is 10.8. The Bertz CT molecular complexity index is 888. The number of rotatable bonds is 7. The van der Waals surface area contributed by atoms with Gasteiger partial charge in [-0.3, -0.25) is 9.63 Å². The number of likely N-dealkylation sites (N-methyl/N-ethyl adjacent to an activating group) is 1. The van der Waals surface area contributed by atoms with E-state index in [9.17, 15) is 4.79 Å². The van der Waals surface area contributed by atoms with Crippen LogP contribution in [0.15, 0.2) is 30.3 Å². The molecule has 2 fully saturated rings. The highest BCUT2D eigenvalue weighted by molar-refractivity contribution is 5.73. The SMILES string of the molecule is CCN1C[C@@H](Nc2c(C)c(OCC3CN(C(C)=O)CCO3)nn2-c2ccccc2)CO1. The van der Waals surface area contributed by atoms with E-state index in [-0.39, 0.29) is 18.1 Å². The zero-order valence-corrected chi connectivity index (χ0v) is 18.4. The summed E-state index contributed by atoms with van der Waals surface area (Å²) in [5, 5.41) is 10.3. The number of anilines is 1. The molecule has 9 nitrogen and oxygen atoms in total. The number of hydrogen-bond acceptors (Lipinski definition) is 7. The molecule has 0 aliphatic carbocycles. The lowest BCUT2D eigenvalue weighted by atomic mass is 10.2. The molecule has 2 atom stereocenters. The number of morpholine rings is 1.